The van der Waals surface area contributed by atoms with E-state index in [4.69, 9.17) is 11.6 Å². The number of likely N-dealkylation sites (tertiary alicyclic amines) is 1. The maximum absolute atomic E-state index is 12.7. The van der Waals surface area contributed by atoms with Gasteiger partial charge in [-0.05, 0) is 68.4 Å². The highest BCUT2D eigenvalue weighted by Gasteiger charge is 2.30. The van der Waals surface area contributed by atoms with Crippen molar-refractivity contribution in [2.24, 2.45) is 0 Å². The Hall–Kier alpha value is -2.95. The highest BCUT2D eigenvalue weighted by Crippen LogP contribution is 2.31. The number of benzene rings is 2. The van der Waals surface area contributed by atoms with Crippen LogP contribution in [0, 0.1) is 11.8 Å². The number of aromatic nitrogens is 1. The lowest BCUT2D eigenvalue weighted by Crippen LogP contribution is -2.23. The minimum Gasteiger partial charge on any atom is -0.346 e. The summed E-state index contributed by atoms with van der Waals surface area (Å²) in [4.78, 5) is 14.7. The van der Waals surface area contributed by atoms with Gasteiger partial charge >= 0.3 is 12.1 Å². The molecule has 1 saturated heterocycles. The van der Waals surface area contributed by atoms with Crippen molar-refractivity contribution in [1.29, 1.82) is 0 Å². The lowest BCUT2D eigenvalue weighted by atomic mass is 10.1. The number of anilines is 1. The van der Waals surface area contributed by atoms with Gasteiger partial charge in [0.1, 0.15) is 0 Å². The van der Waals surface area contributed by atoms with E-state index >= 15 is 0 Å². The fourth-order valence-corrected chi connectivity index (χ4v) is 4.04. The van der Waals surface area contributed by atoms with Crippen molar-refractivity contribution in [2.45, 2.75) is 25.6 Å². The van der Waals surface area contributed by atoms with Crippen molar-refractivity contribution in [3.05, 3.63) is 64.8 Å². The van der Waals surface area contributed by atoms with Crippen LogP contribution < -0.4 is 5.32 Å². The van der Waals surface area contributed by atoms with Gasteiger partial charge in [-0.2, -0.15) is 13.2 Å². The van der Waals surface area contributed by atoms with E-state index in [-0.39, 0.29) is 10.6 Å². The van der Waals surface area contributed by atoms with Crippen molar-refractivity contribution in [2.75, 3.05) is 25.0 Å². The number of hydrogen-bond donors (Lipinski definition) is 1. The fraction of sp³-hybridized carbons (Fsp3) is 0.292. The average Bonchev–Trinajstić information content (AvgIpc) is 3.40. The topological polar surface area (TPSA) is 37.3 Å². The van der Waals surface area contributed by atoms with Gasteiger partial charge in [-0.15, -0.1) is 0 Å². The standard InChI is InChI=1S/C24H21ClF3N3O/c25-21-16-19(24(26,27)28)5-3-17(21)4-8-23(32)29-20-6-7-22-18(15-20)9-12-31(22)14-13-30-10-1-2-11-30/h3,5-7,9,12,15-16H,1-2,10-11,13-14H2,(H,29,32). The van der Waals surface area contributed by atoms with E-state index in [1.165, 1.54) is 12.8 Å². The summed E-state index contributed by atoms with van der Waals surface area (Å²) in [7, 11) is 0. The highest BCUT2D eigenvalue weighted by molar-refractivity contribution is 6.31. The van der Waals surface area contributed by atoms with Crippen LogP contribution in [0.5, 0.6) is 0 Å². The first kappa shape index (κ1) is 22.3. The van der Waals surface area contributed by atoms with E-state index in [0.29, 0.717) is 5.69 Å². The molecule has 1 aliphatic rings. The Balaban J connectivity index is 1.41. The van der Waals surface area contributed by atoms with E-state index in [1.54, 1.807) is 6.07 Å². The predicted octanol–water partition coefficient (Wildman–Crippen LogP) is 5.40. The van der Waals surface area contributed by atoms with Crippen molar-refractivity contribution < 1.29 is 18.0 Å². The molecule has 1 N–H and O–H groups in total. The molecule has 0 unspecified atom stereocenters. The molecule has 0 aliphatic carbocycles. The lowest BCUT2D eigenvalue weighted by molar-refractivity contribution is -0.137. The second-order valence-electron chi connectivity index (χ2n) is 7.73. The maximum Gasteiger partial charge on any atom is 0.416 e. The van der Waals surface area contributed by atoms with Crippen molar-refractivity contribution in [3.63, 3.8) is 0 Å². The molecule has 4 rings (SSSR count). The highest BCUT2D eigenvalue weighted by atomic mass is 35.5. The number of halogens is 4. The number of fused-ring (bicyclic) bond motifs is 1. The third-order valence-corrected chi connectivity index (χ3v) is 5.80. The molecule has 166 valence electrons. The minimum absolute atomic E-state index is 0.153. The summed E-state index contributed by atoms with van der Waals surface area (Å²) < 4.78 is 40.4. The summed E-state index contributed by atoms with van der Waals surface area (Å²) in [5, 5.41) is 3.54. The van der Waals surface area contributed by atoms with Gasteiger partial charge in [0.15, 0.2) is 0 Å². The van der Waals surface area contributed by atoms with Crippen molar-refractivity contribution in [3.8, 4) is 11.8 Å². The molecule has 1 aliphatic heterocycles. The maximum atomic E-state index is 12.7. The monoisotopic (exact) mass is 459 g/mol. The Morgan fingerprint density at radius 3 is 2.56 bits per heavy atom. The molecule has 0 bridgehead atoms. The van der Waals surface area contributed by atoms with E-state index in [0.717, 1.165) is 55.3 Å². The zero-order valence-electron chi connectivity index (χ0n) is 17.2. The SMILES string of the molecule is O=C(C#Cc1ccc(C(F)(F)F)cc1Cl)Nc1ccc2c(ccn2CCN2CCCC2)c1. The molecular weight excluding hydrogens is 439 g/mol. The van der Waals surface area contributed by atoms with Gasteiger partial charge in [-0.3, -0.25) is 4.79 Å². The molecule has 32 heavy (non-hydrogen) atoms. The van der Waals surface area contributed by atoms with Gasteiger partial charge in [-0.1, -0.05) is 17.5 Å². The minimum atomic E-state index is -4.49. The van der Waals surface area contributed by atoms with Gasteiger partial charge in [0.2, 0.25) is 0 Å². The summed E-state index contributed by atoms with van der Waals surface area (Å²) in [5.74, 6) is 4.33. The third kappa shape index (κ3) is 5.26. The zero-order chi connectivity index (χ0) is 22.7. The molecule has 3 aromatic rings. The second-order valence-corrected chi connectivity index (χ2v) is 8.14. The number of nitrogens with zero attached hydrogens (tertiary/aromatic N) is 2. The van der Waals surface area contributed by atoms with Gasteiger partial charge < -0.3 is 14.8 Å². The first-order chi connectivity index (χ1) is 15.3. The third-order valence-electron chi connectivity index (χ3n) is 5.49. The Kier molecular flexibility index (Phi) is 6.45. The Morgan fingerprint density at radius 1 is 1.06 bits per heavy atom. The average molecular weight is 460 g/mol. The van der Waals surface area contributed by atoms with E-state index in [9.17, 15) is 18.0 Å². The van der Waals surface area contributed by atoms with Crippen molar-refractivity contribution in [1.82, 2.24) is 9.47 Å². The molecule has 0 spiro atoms. The lowest BCUT2D eigenvalue weighted by Gasteiger charge is -2.15. The first-order valence-corrected chi connectivity index (χ1v) is 10.7. The van der Waals surface area contributed by atoms with Crippen LogP contribution >= 0.6 is 11.6 Å². The molecule has 1 fully saturated rings. The summed E-state index contributed by atoms with van der Waals surface area (Å²) in [6, 6.07) is 10.5. The van der Waals surface area contributed by atoms with Crippen LogP contribution in [0.25, 0.3) is 10.9 Å². The van der Waals surface area contributed by atoms with E-state index in [2.05, 4.69) is 26.6 Å². The number of hydrogen-bond acceptors (Lipinski definition) is 2. The smallest absolute Gasteiger partial charge is 0.346 e. The number of carbonyl (C=O) groups is 1. The summed E-state index contributed by atoms with van der Waals surface area (Å²) in [5.41, 5.74) is 0.968. The number of amides is 1. The first-order valence-electron chi connectivity index (χ1n) is 10.3. The van der Waals surface area contributed by atoms with Gasteiger partial charge in [0, 0.05) is 47.4 Å². The van der Waals surface area contributed by atoms with Crippen LogP contribution in [0.1, 0.15) is 24.0 Å². The predicted molar refractivity (Wildman–Crippen MR) is 120 cm³/mol. The van der Waals surface area contributed by atoms with Crippen LogP contribution in [-0.2, 0) is 17.5 Å². The van der Waals surface area contributed by atoms with E-state index < -0.39 is 17.6 Å². The molecule has 1 amide bonds. The summed E-state index contributed by atoms with van der Waals surface area (Å²) >= 11 is 5.87. The molecule has 2 heterocycles. The molecule has 8 heteroatoms. The number of alkyl halides is 3. The number of rotatable bonds is 4. The second kappa shape index (κ2) is 9.27. The number of nitrogens with one attached hydrogen (secondary N) is 1. The zero-order valence-corrected chi connectivity index (χ0v) is 17.9. The molecule has 0 atom stereocenters. The van der Waals surface area contributed by atoms with Gasteiger partial charge in [0.25, 0.3) is 0 Å². The van der Waals surface area contributed by atoms with E-state index in [1.807, 2.05) is 24.4 Å². The Morgan fingerprint density at radius 2 is 1.84 bits per heavy atom. The van der Waals surface area contributed by atoms with Crippen LogP contribution in [0.15, 0.2) is 48.7 Å². The van der Waals surface area contributed by atoms with Crippen LogP contribution in [0.3, 0.4) is 0 Å². The summed E-state index contributed by atoms with van der Waals surface area (Å²) in [6.07, 6.45) is 0.0877. The van der Waals surface area contributed by atoms with Gasteiger partial charge in [-0.25, -0.2) is 0 Å². The molecule has 4 nitrogen and oxygen atoms in total. The Labute approximate surface area is 189 Å². The fourth-order valence-electron chi connectivity index (χ4n) is 3.81. The molecule has 0 radical (unpaired) electrons. The molecule has 0 saturated carbocycles. The van der Waals surface area contributed by atoms with Crippen LogP contribution in [0.4, 0.5) is 18.9 Å². The molecule has 2 aromatic carbocycles. The largest absolute Gasteiger partial charge is 0.416 e. The molecule has 1 aromatic heterocycles. The van der Waals surface area contributed by atoms with Crippen LogP contribution in [0.2, 0.25) is 5.02 Å². The molecular formula is C24H21ClF3N3O. The van der Waals surface area contributed by atoms with Crippen molar-refractivity contribution >= 4 is 34.1 Å². The number of carbonyl (C=O) groups excluding carboxylic acids is 1. The van der Waals surface area contributed by atoms with Gasteiger partial charge in [0.05, 0.1) is 10.6 Å². The summed E-state index contributed by atoms with van der Waals surface area (Å²) in [6.45, 7) is 4.25. The quantitative estimate of drug-likeness (QED) is 0.530. The van der Waals surface area contributed by atoms with Crippen LogP contribution in [-0.4, -0.2) is 35.0 Å². The normalized spacial score (nSPS) is 14.4. The Bertz CT molecular complexity index is 1200.